The van der Waals surface area contributed by atoms with Gasteiger partial charge in [0.25, 0.3) is 0 Å². The average molecular weight is 435 g/mol. The van der Waals surface area contributed by atoms with Crippen molar-refractivity contribution in [3.8, 4) is 11.1 Å². The summed E-state index contributed by atoms with van der Waals surface area (Å²) in [5.41, 5.74) is 7.74. The zero-order valence-corrected chi connectivity index (χ0v) is 19.0. The molecular formula is C26H30N2O4. The molecule has 0 bridgehead atoms. The minimum Gasteiger partial charge on any atom is -0.481 e. The van der Waals surface area contributed by atoms with Crippen molar-refractivity contribution in [1.82, 2.24) is 9.80 Å². The van der Waals surface area contributed by atoms with Gasteiger partial charge in [-0.3, -0.25) is 14.4 Å². The van der Waals surface area contributed by atoms with E-state index in [0.717, 1.165) is 63.8 Å². The molecular weight excluding hydrogens is 404 g/mol. The normalized spacial score (nSPS) is 15.6. The molecule has 0 spiro atoms. The number of aryl methyl sites for hydroxylation is 1. The summed E-state index contributed by atoms with van der Waals surface area (Å²) in [5.74, 6) is -1.76. The number of carbonyl (C=O) groups is 3. The van der Waals surface area contributed by atoms with Gasteiger partial charge in [-0.25, -0.2) is 0 Å². The molecule has 0 aliphatic carbocycles. The van der Waals surface area contributed by atoms with Crippen LogP contribution in [0, 0.1) is 20.8 Å². The molecule has 0 radical (unpaired) electrons. The first kappa shape index (κ1) is 22.1. The molecule has 32 heavy (non-hydrogen) atoms. The van der Waals surface area contributed by atoms with E-state index < -0.39 is 17.8 Å². The second-order valence-electron chi connectivity index (χ2n) is 9.01. The molecule has 2 aliphatic rings. The average Bonchev–Trinajstić information content (AvgIpc) is 3.24. The second kappa shape index (κ2) is 8.77. The van der Waals surface area contributed by atoms with Crippen molar-refractivity contribution in [3.63, 3.8) is 0 Å². The Balaban J connectivity index is 1.72. The van der Waals surface area contributed by atoms with Crippen LogP contribution in [0.15, 0.2) is 24.3 Å². The maximum Gasteiger partial charge on any atom is 0.312 e. The van der Waals surface area contributed by atoms with Crippen LogP contribution in [0.4, 0.5) is 0 Å². The van der Waals surface area contributed by atoms with Crippen LogP contribution < -0.4 is 0 Å². The van der Waals surface area contributed by atoms with Crippen molar-refractivity contribution >= 4 is 17.8 Å². The Morgan fingerprint density at radius 2 is 1.38 bits per heavy atom. The highest BCUT2D eigenvalue weighted by atomic mass is 16.4. The van der Waals surface area contributed by atoms with Crippen LogP contribution in [0.25, 0.3) is 11.1 Å². The maximum atomic E-state index is 13.0. The third-order valence-electron chi connectivity index (χ3n) is 6.88. The minimum atomic E-state index is -0.882. The van der Waals surface area contributed by atoms with Crippen LogP contribution >= 0.6 is 0 Å². The topological polar surface area (TPSA) is 77.9 Å². The fraction of sp³-hybridized carbons (Fsp3) is 0.423. The van der Waals surface area contributed by atoms with E-state index in [0.29, 0.717) is 26.2 Å². The number of carboxylic acid groups (broad SMARTS) is 1. The number of likely N-dealkylation sites (tertiary alicyclic amines) is 1. The van der Waals surface area contributed by atoms with Gasteiger partial charge in [0.05, 0.1) is 6.42 Å². The number of aliphatic carboxylic acids is 1. The zero-order chi connectivity index (χ0) is 23.0. The number of fused-ring (bicyclic) bond motifs is 1. The summed E-state index contributed by atoms with van der Waals surface area (Å²) in [4.78, 5) is 40.8. The lowest BCUT2D eigenvalue weighted by molar-refractivity contribution is -0.152. The summed E-state index contributed by atoms with van der Waals surface area (Å²) in [6.07, 6.45) is 2.90. The van der Waals surface area contributed by atoms with Crippen molar-refractivity contribution in [3.05, 3.63) is 57.6 Å². The number of nitrogens with zero attached hydrogens (tertiary/aromatic N) is 2. The molecule has 0 aromatic heterocycles. The van der Waals surface area contributed by atoms with Gasteiger partial charge in [-0.1, -0.05) is 29.8 Å². The van der Waals surface area contributed by atoms with E-state index in [9.17, 15) is 19.5 Å². The molecule has 0 atom stereocenters. The predicted molar refractivity (Wildman–Crippen MR) is 122 cm³/mol. The molecule has 6 heteroatoms. The Hall–Kier alpha value is -3.15. The van der Waals surface area contributed by atoms with Crippen molar-refractivity contribution in [2.24, 2.45) is 0 Å². The van der Waals surface area contributed by atoms with Gasteiger partial charge in [0.15, 0.2) is 0 Å². The molecule has 4 rings (SSSR count). The summed E-state index contributed by atoms with van der Waals surface area (Å²) in [6, 6.07) is 8.09. The molecule has 2 aromatic carbocycles. The maximum absolute atomic E-state index is 13.0. The van der Waals surface area contributed by atoms with E-state index in [-0.39, 0.29) is 6.42 Å². The Bertz CT molecular complexity index is 1080. The van der Waals surface area contributed by atoms with E-state index >= 15 is 0 Å². The third-order valence-corrected chi connectivity index (χ3v) is 6.88. The van der Waals surface area contributed by atoms with Crippen molar-refractivity contribution < 1.29 is 19.5 Å². The molecule has 1 fully saturated rings. The van der Waals surface area contributed by atoms with E-state index in [4.69, 9.17) is 0 Å². The summed E-state index contributed by atoms with van der Waals surface area (Å²) in [7, 11) is 0. The van der Waals surface area contributed by atoms with E-state index in [1.54, 1.807) is 9.80 Å². The fourth-order valence-corrected chi connectivity index (χ4v) is 5.06. The van der Waals surface area contributed by atoms with Crippen LogP contribution in [-0.4, -0.2) is 45.8 Å². The Morgan fingerprint density at radius 3 is 1.97 bits per heavy atom. The van der Waals surface area contributed by atoms with Gasteiger partial charge in [0.1, 0.15) is 0 Å². The second-order valence-corrected chi connectivity index (χ2v) is 9.01. The first-order valence-electron chi connectivity index (χ1n) is 11.3. The van der Waals surface area contributed by atoms with Crippen molar-refractivity contribution in [2.45, 2.75) is 59.5 Å². The molecule has 168 valence electrons. The van der Waals surface area contributed by atoms with Gasteiger partial charge in [0.2, 0.25) is 0 Å². The van der Waals surface area contributed by atoms with Crippen LogP contribution in [-0.2, 0) is 33.9 Å². The van der Waals surface area contributed by atoms with Crippen LogP contribution in [0.1, 0.15) is 52.6 Å². The van der Waals surface area contributed by atoms with Crippen molar-refractivity contribution in [1.29, 1.82) is 0 Å². The van der Waals surface area contributed by atoms with E-state index in [1.807, 2.05) is 45.0 Å². The van der Waals surface area contributed by atoms with Crippen LogP contribution in [0.3, 0.4) is 0 Å². The molecule has 2 heterocycles. The highest BCUT2D eigenvalue weighted by molar-refractivity contribution is 6.35. The molecule has 0 saturated carbocycles. The molecule has 6 nitrogen and oxygen atoms in total. The predicted octanol–water partition coefficient (Wildman–Crippen LogP) is 3.76. The number of hydrogen-bond donors (Lipinski definition) is 1. The van der Waals surface area contributed by atoms with E-state index in [1.165, 1.54) is 0 Å². The summed E-state index contributed by atoms with van der Waals surface area (Å²) < 4.78 is 0. The SMILES string of the molecule is Cc1ccc(-c2c(C)c3c(c(C)c2CC(=O)O)CN(C(=O)C(=O)N2CCCCC2)C3)cc1. The highest BCUT2D eigenvalue weighted by Crippen LogP contribution is 2.39. The first-order valence-corrected chi connectivity index (χ1v) is 11.3. The summed E-state index contributed by atoms with van der Waals surface area (Å²) >= 11 is 0. The number of piperidine rings is 1. The number of rotatable bonds is 3. The van der Waals surface area contributed by atoms with Gasteiger partial charge < -0.3 is 14.9 Å². The largest absolute Gasteiger partial charge is 0.481 e. The van der Waals surface area contributed by atoms with Gasteiger partial charge in [-0.05, 0) is 79.0 Å². The van der Waals surface area contributed by atoms with Crippen molar-refractivity contribution in [2.75, 3.05) is 13.1 Å². The lowest BCUT2D eigenvalue weighted by Gasteiger charge is -2.27. The molecule has 2 aromatic rings. The lowest BCUT2D eigenvalue weighted by Crippen LogP contribution is -2.45. The summed E-state index contributed by atoms with van der Waals surface area (Å²) in [6.45, 7) is 7.97. The first-order chi connectivity index (χ1) is 15.3. The monoisotopic (exact) mass is 434 g/mol. The molecule has 2 amide bonds. The number of benzene rings is 2. The Labute approximate surface area is 188 Å². The number of hydrogen-bond acceptors (Lipinski definition) is 3. The molecule has 2 aliphatic heterocycles. The van der Waals surface area contributed by atoms with Crippen LogP contribution in [0.5, 0.6) is 0 Å². The number of amides is 2. The zero-order valence-electron chi connectivity index (χ0n) is 19.0. The number of carboxylic acids is 1. The van der Waals surface area contributed by atoms with Gasteiger partial charge in [-0.15, -0.1) is 0 Å². The lowest BCUT2D eigenvalue weighted by atomic mass is 9.84. The number of carbonyl (C=O) groups excluding carboxylic acids is 2. The van der Waals surface area contributed by atoms with Crippen LogP contribution in [0.2, 0.25) is 0 Å². The van der Waals surface area contributed by atoms with E-state index in [2.05, 4.69) is 0 Å². The quantitative estimate of drug-likeness (QED) is 0.746. The molecule has 1 saturated heterocycles. The Kier molecular flexibility index (Phi) is 6.04. The Morgan fingerprint density at radius 1 is 0.812 bits per heavy atom. The minimum absolute atomic E-state index is 0.0795. The van der Waals surface area contributed by atoms with Gasteiger partial charge in [0, 0.05) is 26.2 Å². The smallest absolute Gasteiger partial charge is 0.312 e. The highest BCUT2D eigenvalue weighted by Gasteiger charge is 2.34. The summed E-state index contributed by atoms with van der Waals surface area (Å²) in [5, 5.41) is 9.59. The standard InChI is InChI=1S/C26H30N2O4/c1-16-7-9-19(10-8-16)24-18(3)22-15-28(14-21(22)17(2)20(24)13-23(29)30)26(32)25(31)27-11-5-4-6-12-27/h7-10H,4-6,11-15H2,1-3H3,(H,29,30). The third kappa shape index (κ3) is 4.01. The molecule has 0 unspecified atom stereocenters. The fourth-order valence-electron chi connectivity index (χ4n) is 5.06. The van der Waals surface area contributed by atoms with Gasteiger partial charge in [-0.2, -0.15) is 0 Å². The molecule has 1 N–H and O–H groups in total. The van der Waals surface area contributed by atoms with Gasteiger partial charge >= 0.3 is 17.8 Å².